The number of esters is 1. The Hall–Kier alpha value is -1.38. The zero-order valence-electron chi connectivity index (χ0n) is 11.0. The Morgan fingerprint density at radius 3 is 2.44 bits per heavy atom. The summed E-state index contributed by atoms with van der Waals surface area (Å²) in [5, 5.41) is 0. The lowest BCUT2D eigenvalue weighted by atomic mass is 10.0. The second-order valence-electron chi connectivity index (χ2n) is 5.39. The Labute approximate surface area is 108 Å². The summed E-state index contributed by atoms with van der Waals surface area (Å²) >= 11 is 0. The van der Waals surface area contributed by atoms with Crippen LogP contribution in [0.25, 0.3) is 0 Å². The predicted molar refractivity (Wildman–Crippen MR) is 68.9 cm³/mol. The van der Waals surface area contributed by atoms with Crippen molar-refractivity contribution in [2.75, 3.05) is 6.61 Å². The van der Waals surface area contributed by atoms with Crippen molar-refractivity contribution in [3.05, 3.63) is 28.6 Å². The average molecular weight is 245 g/mol. The quantitative estimate of drug-likeness (QED) is 0.764. The van der Waals surface area contributed by atoms with Crippen molar-refractivity contribution < 1.29 is 9.53 Å². The van der Waals surface area contributed by atoms with Gasteiger partial charge in [0.05, 0.1) is 17.9 Å². The number of ether oxygens (including phenoxy) is 1. The summed E-state index contributed by atoms with van der Waals surface area (Å²) in [5.41, 5.74) is 4.04. The molecule has 1 aromatic rings. The molecule has 0 atom stereocenters. The fourth-order valence-corrected chi connectivity index (χ4v) is 2.45. The molecule has 3 nitrogen and oxygen atoms in total. The SMILES string of the molecule is CCOC(=O)c1cc(C)c(C2CC2)nc1C1CC1. The third-order valence-electron chi connectivity index (χ3n) is 3.71. The van der Waals surface area contributed by atoms with Crippen LogP contribution in [-0.2, 0) is 4.74 Å². The third kappa shape index (κ3) is 2.14. The number of carbonyl (C=O) groups is 1. The topological polar surface area (TPSA) is 39.2 Å². The van der Waals surface area contributed by atoms with E-state index in [2.05, 4.69) is 6.92 Å². The first-order valence-corrected chi connectivity index (χ1v) is 6.89. The highest BCUT2D eigenvalue weighted by Gasteiger charge is 2.34. The van der Waals surface area contributed by atoms with Gasteiger partial charge in [-0.1, -0.05) is 0 Å². The molecule has 3 rings (SSSR count). The molecule has 0 radical (unpaired) electrons. The van der Waals surface area contributed by atoms with Crippen LogP contribution in [0.3, 0.4) is 0 Å². The lowest BCUT2D eigenvalue weighted by Crippen LogP contribution is -2.11. The second kappa shape index (κ2) is 4.38. The van der Waals surface area contributed by atoms with Crippen molar-refractivity contribution in [3.63, 3.8) is 0 Å². The van der Waals surface area contributed by atoms with E-state index in [0.29, 0.717) is 24.0 Å². The number of hydrogen-bond donors (Lipinski definition) is 0. The smallest absolute Gasteiger partial charge is 0.339 e. The first kappa shape index (κ1) is 11.7. The molecule has 1 heterocycles. The summed E-state index contributed by atoms with van der Waals surface area (Å²) in [7, 11) is 0. The first-order chi connectivity index (χ1) is 8.70. The van der Waals surface area contributed by atoms with Crippen LogP contribution in [0.2, 0.25) is 0 Å². The number of aromatic nitrogens is 1. The van der Waals surface area contributed by atoms with Gasteiger partial charge < -0.3 is 4.74 Å². The minimum atomic E-state index is -0.211. The van der Waals surface area contributed by atoms with Gasteiger partial charge in [0.2, 0.25) is 0 Å². The van der Waals surface area contributed by atoms with Crippen molar-refractivity contribution in [3.8, 4) is 0 Å². The molecule has 0 aliphatic heterocycles. The van der Waals surface area contributed by atoms with Gasteiger partial charge in [0.15, 0.2) is 0 Å². The molecule has 3 heteroatoms. The maximum absolute atomic E-state index is 12.0. The van der Waals surface area contributed by atoms with Crippen molar-refractivity contribution >= 4 is 5.97 Å². The largest absolute Gasteiger partial charge is 0.462 e. The van der Waals surface area contributed by atoms with Crippen LogP contribution in [0.1, 0.15) is 71.8 Å². The number of aryl methyl sites for hydroxylation is 1. The third-order valence-corrected chi connectivity index (χ3v) is 3.71. The van der Waals surface area contributed by atoms with E-state index in [0.717, 1.165) is 24.1 Å². The molecule has 2 aliphatic rings. The molecule has 0 saturated heterocycles. The summed E-state index contributed by atoms with van der Waals surface area (Å²) in [6.07, 6.45) is 4.81. The van der Waals surface area contributed by atoms with E-state index in [9.17, 15) is 4.79 Å². The molecule has 0 N–H and O–H groups in total. The fraction of sp³-hybridized carbons (Fsp3) is 0.600. The standard InChI is InChI=1S/C15H19NO2/c1-3-18-15(17)12-8-9(2)13(10-4-5-10)16-14(12)11-6-7-11/h8,10-11H,3-7H2,1-2H3. The van der Waals surface area contributed by atoms with Crippen LogP contribution in [0.4, 0.5) is 0 Å². The van der Waals surface area contributed by atoms with Gasteiger partial charge in [-0.05, 0) is 51.2 Å². The summed E-state index contributed by atoms with van der Waals surface area (Å²) in [6, 6.07) is 1.99. The molecule has 1 aromatic heterocycles. The number of pyridine rings is 1. The zero-order chi connectivity index (χ0) is 12.7. The van der Waals surface area contributed by atoms with E-state index in [-0.39, 0.29) is 5.97 Å². The summed E-state index contributed by atoms with van der Waals surface area (Å²) < 4.78 is 5.14. The van der Waals surface area contributed by atoms with Crippen molar-refractivity contribution in [1.82, 2.24) is 4.98 Å². The maximum atomic E-state index is 12.0. The Kier molecular flexibility index (Phi) is 2.84. The molecule has 0 spiro atoms. The summed E-state index contributed by atoms with van der Waals surface area (Å²) in [6.45, 7) is 4.32. The molecule has 2 saturated carbocycles. The molecule has 0 bridgehead atoms. The lowest BCUT2D eigenvalue weighted by Gasteiger charge is -2.12. The van der Waals surface area contributed by atoms with Gasteiger partial charge in [-0.3, -0.25) is 4.98 Å². The van der Waals surface area contributed by atoms with E-state index >= 15 is 0 Å². The first-order valence-electron chi connectivity index (χ1n) is 6.89. The van der Waals surface area contributed by atoms with E-state index in [4.69, 9.17) is 9.72 Å². The van der Waals surface area contributed by atoms with Crippen molar-refractivity contribution in [1.29, 1.82) is 0 Å². The van der Waals surface area contributed by atoms with Crippen LogP contribution in [0.5, 0.6) is 0 Å². The van der Waals surface area contributed by atoms with Crippen LogP contribution in [0, 0.1) is 6.92 Å². The average Bonchev–Trinajstić information content (AvgIpc) is 3.20. The van der Waals surface area contributed by atoms with Gasteiger partial charge in [-0.25, -0.2) is 4.79 Å². The molecule has 0 aromatic carbocycles. The zero-order valence-corrected chi connectivity index (χ0v) is 11.0. The van der Waals surface area contributed by atoms with Crippen LogP contribution < -0.4 is 0 Å². The summed E-state index contributed by atoms with van der Waals surface area (Å²) in [5.74, 6) is 0.915. The fourth-order valence-electron chi connectivity index (χ4n) is 2.45. The molecule has 2 fully saturated rings. The van der Waals surface area contributed by atoms with Gasteiger partial charge >= 0.3 is 5.97 Å². The molecule has 0 amide bonds. The van der Waals surface area contributed by atoms with Gasteiger partial charge in [-0.15, -0.1) is 0 Å². The number of nitrogens with zero attached hydrogens (tertiary/aromatic N) is 1. The lowest BCUT2D eigenvalue weighted by molar-refractivity contribution is 0.0524. The second-order valence-corrected chi connectivity index (χ2v) is 5.39. The van der Waals surface area contributed by atoms with Crippen LogP contribution in [0.15, 0.2) is 6.07 Å². The molecule has 0 unspecified atom stereocenters. The maximum Gasteiger partial charge on any atom is 0.339 e. The molecule has 96 valence electrons. The van der Waals surface area contributed by atoms with E-state index in [1.165, 1.54) is 18.5 Å². The number of carbonyl (C=O) groups excluding carboxylic acids is 1. The van der Waals surface area contributed by atoms with Crippen molar-refractivity contribution in [2.45, 2.75) is 51.4 Å². The molecular weight excluding hydrogens is 226 g/mol. The van der Waals surface area contributed by atoms with Gasteiger partial charge in [0, 0.05) is 17.5 Å². The van der Waals surface area contributed by atoms with Gasteiger partial charge in [-0.2, -0.15) is 0 Å². The molecule has 18 heavy (non-hydrogen) atoms. The van der Waals surface area contributed by atoms with E-state index in [1.54, 1.807) is 0 Å². The molecule has 2 aliphatic carbocycles. The Bertz CT molecular complexity index is 488. The Balaban J connectivity index is 2.00. The summed E-state index contributed by atoms with van der Waals surface area (Å²) in [4.78, 5) is 16.8. The molecular formula is C15H19NO2. The highest BCUT2D eigenvalue weighted by Crippen LogP contribution is 2.45. The highest BCUT2D eigenvalue weighted by atomic mass is 16.5. The Morgan fingerprint density at radius 1 is 1.28 bits per heavy atom. The highest BCUT2D eigenvalue weighted by molar-refractivity contribution is 5.91. The van der Waals surface area contributed by atoms with Crippen LogP contribution in [-0.4, -0.2) is 17.6 Å². The number of hydrogen-bond acceptors (Lipinski definition) is 3. The Morgan fingerprint density at radius 2 is 1.89 bits per heavy atom. The minimum Gasteiger partial charge on any atom is -0.462 e. The van der Waals surface area contributed by atoms with E-state index in [1.807, 2.05) is 13.0 Å². The van der Waals surface area contributed by atoms with Gasteiger partial charge in [0.1, 0.15) is 0 Å². The minimum absolute atomic E-state index is 0.211. The number of rotatable bonds is 4. The van der Waals surface area contributed by atoms with E-state index < -0.39 is 0 Å². The monoisotopic (exact) mass is 245 g/mol. The predicted octanol–water partition coefficient (Wildman–Crippen LogP) is 3.32. The van der Waals surface area contributed by atoms with Crippen molar-refractivity contribution in [2.24, 2.45) is 0 Å². The normalized spacial score (nSPS) is 18.8. The van der Waals surface area contributed by atoms with Gasteiger partial charge in [0.25, 0.3) is 0 Å². The van der Waals surface area contributed by atoms with Crippen LogP contribution >= 0.6 is 0 Å².